The Labute approximate surface area is 211 Å². The molecule has 4 nitrogen and oxygen atoms in total. The highest BCUT2D eigenvalue weighted by Crippen LogP contribution is 2.22. The Kier molecular flexibility index (Phi) is 8.45. The number of halogens is 6. The zero-order chi connectivity index (χ0) is 28.1. The number of ketones is 4. The van der Waals surface area contributed by atoms with Crippen molar-refractivity contribution in [2.24, 2.45) is 0 Å². The third-order valence-electron chi connectivity index (χ3n) is 5.42. The summed E-state index contributed by atoms with van der Waals surface area (Å²) in [6.45, 7) is 0. The van der Waals surface area contributed by atoms with Gasteiger partial charge in [-0.3, -0.25) is 19.2 Å². The Hall–Kier alpha value is -4.34. The van der Waals surface area contributed by atoms with Gasteiger partial charge in [0.2, 0.25) is 11.6 Å². The van der Waals surface area contributed by atoms with Crippen molar-refractivity contribution in [3.63, 3.8) is 0 Å². The van der Waals surface area contributed by atoms with E-state index in [1.54, 1.807) is 36.4 Å². The Morgan fingerprint density at radius 3 is 1.11 bits per heavy atom. The van der Waals surface area contributed by atoms with Gasteiger partial charge >= 0.3 is 12.4 Å². The van der Waals surface area contributed by atoms with Crippen LogP contribution in [0.2, 0.25) is 0 Å². The van der Waals surface area contributed by atoms with E-state index in [1.165, 1.54) is 24.3 Å². The van der Waals surface area contributed by atoms with Crippen molar-refractivity contribution < 1.29 is 45.5 Å². The molecule has 0 bridgehead atoms. The fourth-order valence-corrected chi connectivity index (χ4v) is 3.42. The van der Waals surface area contributed by atoms with Crippen LogP contribution in [0, 0.1) is 0 Å². The normalized spacial score (nSPS) is 11.5. The predicted octanol–water partition coefficient (Wildman–Crippen LogP) is 7.09. The molecule has 4 aromatic carbocycles. The van der Waals surface area contributed by atoms with Gasteiger partial charge in [-0.25, -0.2) is 0 Å². The fourth-order valence-electron chi connectivity index (χ4n) is 3.42. The van der Waals surface area contributed by atoms with Crippen molar-refractivity contribution in [2.45, 2.75) is 25.2 Å². The van der Waals surface area contributed by atoms with Gasteiger partial charge in [-0.15, -0.1) is 0 Å². The first-order chi connectivity index (χ1) is 17.8. The summed E-state index contributed by atoms with van der Waals surface area (Å²) in [5.41, 5.74) is 0.215. The third kappa shape index (κ3) is 7.34. The molecular weight excluding hydrogens is 514 g/mol. The molecule has 0 heterocycles. The molecule has 0 radical (unpaired) electrons. The molecule has 0 aliphatic heterocycles. The molecule has 196 valence electrons. The molecule has 0 saturated carbocycles. The monoisotopic (exact) mass is 532 g/mol. The molecule has 0 saturated heterocycles. The van der Waals surface area contributed by atoms with E-state index in [-0.39, 0.29) is 11.1 Å². The Balaban J connectivity index is 0.000000211. The number of carbonyl (C=O) groups excluding carboxylic acids is 4. The van der Waals surface area contributed by atoms with Gasteiger partial charge in [0.1, 0.15) is 0 Å². The Morgan fingerprint density at radius 2 is 0.789 bits per heavy atom. The first kappa shape index (κ1) is 28.2. The number of hydrogen-bond acceptors (Lipinski definition) is 4. The Bertz CT molecular complexity index is 1400. The lowest BCUT2D eigenvalue weighted by Crippen LogP contribution is -2.25. The zero-order valence-electron chi connectivity index (χ0n) is 19.4. The topological polar surface area (TPSA) is 68.3 Å². The van der Waals surface area contributed by atoms with Crippen molar-refractivity contribution in [2.75, 3.05) is 0 Å². The van der Waals surface area contributed by atoms with Crippen LogP contribution in [0.5, 0.6) is 0 Å². The summed E-state index contributed by atoms with van der Waals surface area (Å²) in [4.78, 5) is 44.8. The number of rotatable bonds is 6. The van der Waals surface area contributed by atoms with Crippen molar-refractivity contribution in [1.29, 1.82) is 0 Å². The van der Waals surface area contributed by atoms with Crippen LogP contribution in [-0.2, 0) is 9.59 Å². The van der Waals surface area contributed by atoms with Crippen LogP contribution < -0.4 is 0 Å². The maximum Gasteiger partial charge on any atom is 0.450 e. The molecule has 0 N–H and O–H groups in total. The lowest BCUT2D eigenvalue weighted by Gasteiger charge is -2.05. The summed E-state index contributed by atoms with van der Waals surface area (Å²) >= 11 is 0. The lowest BCUT2D eigenvalue weighted by molar-refractivity contribution is -0.170. The molecule has 0 fully saturated rings. The third-order valence-corrected chi connectivity index (χ3v) is 5.42. The first-order valence-electron chi connectivity index (χ1n) is 11.0. The molecule has 4 rings (SSSR count). The number of alkyl halides is 6. The molecule has 0 unspecified atom stereocenters. The van der Waals surface area contributed by atoms with E-state index >= 15 is 0 Å². The van der Waals surface area contributed by atoms with Crippen molar-refractivity contribution >= 4 is 44.7 Å². The predicted molar refractivity (Wildman–Crippen MR) is 128 cm³/mol. The minimum absolute atomic E-state index is 0.108. The number of carbonyl (C=O) groups is 4. The van der Waals surface area contributed by atoms with E-state index in [0.29, 0.717) is 0 Å². The van der Waals surface area contributed by atoms with Gasteiger partial charge in [-0.1, -0.05) is 72.8 Å². The van der Waals surface area contributed by atoms with Crippen molar-refractivity contribution in [1.82, 2.24) is 0 Å². The molecule has 0 aromatic heterocycles. The zero-order valence-corrected chi connectivity index (χ0v) is 19.4. The van der Waals surface area contributed by atoms with Crippen LogP contribution in [0.4, 0.5) is 26.3 Å². The second-order valence-corrected chi connectivity index (χ2v) is 8.17. The molecular formula is C28H18F6O4. The lowest BCUT2D eigenvalue weighted by atomic mass is 10.0. The molecule has 4 aromatic rings. The maximum atomic E-state index is 12.1. The van der Waals surface area contributed by atoms with Gasteiger partial charge in [0.25, 0.3) is 0 Å². The van der Waals surface area contributed by atoms with Crippen LogP contribution in [0.1, 0.15) is 33.6 Å². The van der Waals surface area contributed by atoms with Crippen LogP contribution in [0.3, 0.4) is 0 Å². The van der Waals surface area contributed by atoms with Gasteiger partial charge in [-0.2, -0.15) is 26.3 Å². The summed E-state index contributed by atoms with van der Waals surface area (Å²) in [6, 6.07) is 23.4. The fraction of sp³-hybridized carbons (Fsp3) is 0.143. The van der Waals surface area contributed by atoms with E-state index < -0.39 is 48.3 Å². The Morgan fingerprint density at radius 1 is 0.474 bits per heavy atom. The second-order valence-electron chi connectivity index (χ2n) is 8.17. The van der Waals surface area contributed by atoms with Crippen molar-refractivity contribution in [3.8, 4) is 0 Å². The minimum atomic E-state index is -4.97. The number of fused-ring (bicyclic) bond motifs is 2. The van der Waals surface area contributed by atoms with E-state index in [9.17, 15) is 45.5 Å². The molecule has 0 aliphatic carbocycles. The molecule has 0 aliphatic rings. The minimum Gasteiger partial charge on any atom is -0.294 e. The van der Waals surface area contributed by atoms with Gasteiger partial charge in [0.15, 0.2) is 11.6 Å². The van der Waals surface area contributed by atoms with Crippen LogP contribution in [-0.4, -0.2) is 35.5 Å². The number of hydrogen-bond donors (Lipinski definition) is 0. The summed E-state index contributed by atoms with van der Waals surface area (Å²) in [5, 5.41) is 3.24. The number of benzene rings is 4. The van der Waals surface area contributed by atoms with E-state index in [2.05, 4.69) is 0 Å². The highest BCUT2D eigenvalue weighted by atomic mass is 19.4. The quantitative estimate of drug-likeness (QED) is 0.151. The van der Waals surface area contributed by atoms with Gasteiger partial charge in [0.05, 0.1) is 12.8 Å². The van der Waals surface area contributed by atoms with Gasteiger partial charge < -0.3 is 0 Å². The highest BCUT2D eigenvalue weighted by Gasteiger charge is 2.40. The summed E-state index contributed by atoms with van der Waals surface area (Å²) in [6.07, 6.45) is -12.2. The first-order valence-corrected chi connectivity index (χ1v) is 11.0. The molecule has 0 amide bonds. The molecule has 10 heteroatoms. The van der Waals surface area contributed by atoms with E-state index in [0.717, 1.165) is 21.5 Å². The standard InChI is InChI=1S/2C14H9F3O2/c2*15-14(16,17)13(19)8-12(18)11-6-5-9-3-1-2-4-10(9)7-11/h2*1-7H,8H2. The van der Waals surface area contributed by atoms with Gasteiger partial charge in [-0.05, 0) is 33.7 Å². The maximum absolute atomic E-state index is 12.1. The average Bonchev–Trinajstić information content (AvgIpc) is 2.87. The second kappa shape index (κ2) is 11.4. The summed E-state index contributed by atoms with van der Waals surface area (Å²) in [7, 11) is 0. The highest BCUT2D eigenvalue weighted by molar-refractivity contribution is 6.11. The summed E-state index contributed by atoms with van der Waals surface area (Å²) < 4.78 is 72.5. The van der Waals surface area contributed by atoms with Crippen LogP contribution in [0.15, 0.2) is 84.9 Å². The molecule has 0 spiro atoms. The van der Waals surface area contributed by atoms with E-state index in [4.69, 9.17) is 0 Å². The molecule has 0 atom stereocenters. The summed E-state index contributed by atoms with van der Waals surface area (Å²) in [5.74, 6) is -5.70. The van der Waals surface area contributed by atoms with E-state index in [1.807, 2.05) is 24.3 Å². The largest absolute Gasteiger partial charge is 0.450 e. The molecule has 38 heavy (non-hydrogen) atoms. The average molecular weight is 532 g/mol. The SMILES string of the molecule is O=C(CC(=O)C(F)(F)F)c1ccc2ccccc2c1.O=C(CC(=O)C(F)(F)F)c1ccc2ccccc2c1. The van der Waals surface area contributed by atoms with Gasteiger partial charge in [0, 0.05) is 11.1 Å². The van der Waals surface area contributed by atoms with Crippen molar-refractivity contribution in [3.05, 3.63) is 96.1 Å². The smallest absolute Gasteiger partial charge is 0.294 e. The number of Topliss-reactive ketones (excluding diaryl/α,β-unsaturated/α-hetero) is 4. The van der Waals surface area contributed by atoms with Crippen LogP contribution >= 0.6 is 0 Å². The van der Waals surface area contributed by atoms with Crippen LogP contribution in [0.25, 0.3) is 21.5 Å².